The predicted octanol–water partition coefficient (Wildman–Crippen LogP) is 4.22. The SMILES string of the molecule is O=C(Nc1ccccc1O)c1cccc(NC2=C(Cl)C(=O)N(c3ccc(F)cc3)C2=O)c1. The van der Waals surface area contributed by atoms with Crippen LogP contribution in [0.2, 0.25) is 0 Å². The summed E-state index contributed by atoms with van der Waals surface area (Å²) in [7, 11) is 0. The lowest BCUT2D eigenvalue weighted by atomic mass is 10.1. The number of hydrogen-bond donors (Lipinski definition) is 3. The minimum Gasteiger partial charge on any atom is -0.506 e. The number of carbonyl (C=O) groups excluding carboxylic acids is 3. The highest BCUT2D eigenvalue weighted by Gasteiger charge is 2.39. The monoisotopic (exact) mass is 451 g/mol. The molecule has 0 saturated carbocycles. The third kappa shape index (κ3) is 4.03. The van der Waals surface area contributed by atoms with Crippen molar-refractivity contribution in [2.45, 2.75) is 0 Å². The zero-order valence-electron chi connectivity index (χ0n) is 16.3. The molecule has 0 fully saturated rings. The van der Waals surface area contributed by atoms with Gasteiger partial charge in [-0.2, -0.15) is 0 Å². The Bertz CT molecular complexity index is 1270. The normalized spacial score (nSPS) is 13.5. The molecule has 0 aliphatic carbocycles. The maximum Gasteiger partial charge on any atom is 0.283 e. The second-order valence-electron chi connectivity index (χ2n) is 6.79. The summed E-state index contributed by atoms with van der Waals surface area (Å²) in [5, 5.41) is 14.9. The number of para-hydroxylation sites is 2. The maximum atomic E-state index is 13.2. The second kappa shape index (κ2) is 8.52. The largest absolute Gasteiger partial charge is 0.506 e. The fourth-order valence-electron chi connectivity index (χ4n) is 3.09. The van der Waals surface area contributed by atoms with Gasteiger partial charge in [0.2, 0.25) is 0 Å². The molecule has 1 aliphatic rings. The number of amides is 3. The first-order valence-electron chi connectivity index (χ1n) is 9.35. The number of hydrogen-bond acceptors (Lipinski definition) is 5. The van der Waals surface area contributed by atoms with E-state index in [1.807, 2.05) is 0 Å². The molecule has 0 aromatic heterocycles. The highest BCUT2D eigenvalue weighted by atomic mass is 35.5. The van der Waals surface area contributed by atoms with Crippen molar-refractivity contribution in [1.29, 1.82) is 0 Å². The molecule has 9 heteroatoms. The van der Waals surface area contributed by atoms with Crippen molar-refractivity contribution in [2.75, 3.05) is 15.5 Å². The lowest BCUT2D eigenvalue weighted by molar-refractivity contribution is -0.120. The van der Waals surface area contributed by atoms with E-state index in [2.05, 4.69) is 10.6 Å². The Morgan fingerprint density at radius 2 is 1.66 bits per heavy atom. The fraction of sp³-hybridized carbons (Fsp3) is 0. The van der Waals surface area contributed by atoms with Gasteiger partial charge in [-0.1, -0.05) is 29.8 Å². The fourth-order valence-corrected chi connectivity index (χ4v) is 3.30. The molecule has 4 rings (SSSR count). The van der Waals surface area contributed by atoms with Crippen LogP contribution in [0.3, 0.4) is 0 Å². The maximum absolute atomic E-state index is 13.2. The van der Waals surface area contributed by atoms with E-state index in [1.165, 1.54) is 24.3 Å². The van der Waals surface area contributed by atoms with Crippen LogP contribution in [0.25, 0.3) is 0 Å². The highest BCUT2D eigenvalue weighted by Crippen LogP contribution is 2.30. The van der Waals surface area contributed by atoms with E-state index in [9.17, 15) is 23.9 Å². The first-order valence-corrected chi connectivity index (χ1v) is 9.73. The molecule has 3 aromatic rings. The molecule has 1 heterocycles. The third-order valence-corrected chi connectivity index (χ3v) is 5.01. The van der Waals surface area contributed by atoms with Crippen LogP contribution in [-0.4, -0.2) is 22.8 Å². The second-order valence-corrected chi connectivity index (χ2v) is 7.17. The molecular weight excluding hydrogens is 437 g/mol. The lowest BCUT2D eigenvalue weighted by Crippen LogP contribution is -2.32. The van der Waals surface area contributed by atoms with E-state index in [4.69, 9.17) is 11.6 Å². The van der Waals surface area contributed by atoms with Crippen molar-refractivity contribution in [3.8, 4) is 5.75 Å². The number of carbonyl (C=O) groups is 3. The number of rotatable bonds is 5. The van der Waals surface area contributed by atoms with Crippen LogP contribution in [0.1, 0.15) is 10.4 Å². The topological polar surface area (TPSA) is 98.7 Å². The minimum absolute atomic E-state index is 0.0805. The predicted molar refractivity (Wildman–Crippen MR) is 118 cm³/mol. The summed E-state index contributed by atoms with van der Waals surface area (Å²) in [6, 6.07) is 17.3. The van der Waals surface area contributed by atoms with Gasteiger partial charge >= 0.3 is 0 Å². The Hall–Kier alpha value is -4.17. The molecule has 3 N–H and O–H groups in total. The van der Waals surface area contributed by atoms with Crippen LogP contribution in [-0.2, 0) is 9.59 Å². The van der Waals surface area contributed by atoms with Gasteiger partial charge in [-0.25, -0.2) is 9.29 Å². The number of imide groups is 1. The van der Waals surface area contributed by atoms with Crippen LogP contribution in [0, 0.1) is 5.82 Å². The summed E-state index contributed by atoms with van der Waals surface area (Å²) in [6.07, 6.45) is 0. The zero-order valence-corrected chi connectivity index (χ0v) is 17.1. The number of aromatic hydroxyl groups is 1. The number of nitrogens with one attached hydrogen (secondary N) is 2. The molecule has 32 heavy (non-hydrogen) atoms. The van der Waals surface area contributed by atoms with Crippen LogP contribution in [0.4, 0.5) is 21.5 Å². The smallest absolute Gasteiger partial charge is 0.283 e. The van der Waals surface area contributed by atoms with Crippen molar-refractivity contribution in [2.24, 2.45) is 0 Å². The van der Waals surface area contributed by atoms with Crippen molar-refractivity contribution in [1.82, 2.24) is 0 Å². The molecule has 3 aromatic carbocycles. The summed E-state index contributed by atoms with van der Waals surface area (Å²) >= 11 is 6.10. The summed E-state index contributed by atoms with van der Waals surface area (Å²) in [6.45, 7) is 0. The first-order chi connectivity index (χ1) is 15.3. The quantitative estimate of drug-likeness (QED) is 0.398. The molecular formula is C23H15ClFN3O4. The van der Waals surface area contributed by atoms with Crippen LogP contribution in [0.5, 0.6) is 5.75 Å². The highest BCUT2D eigenvalue weighted by molar-refractivity contribution is 6.53. The summed E-state index contributed by atoms with van der Waals surface area (Å²) in [5.41, 5.74) is 0.826. The number of halogens is 2. The van der Waals surface area contributed by atoms with Gasteiger partial charge in [0.15, 0.2) is 0 Å². The van der Waals surface area contributed by atoms with Crippen molar-refractivity contribution in [3.63, 3.8) is 0 Å². The number of nitrogens with zero attached hydrogens (tertiary/aromatic N) is 1. The Balaban J connectivity index is 1.55. The Kier molecular flexibility index (Phi) is 5.61. The van der Waals surface area contributed by atoms with Gasteiger partial charge in [-0.3, -0.25) is 14.4 Å². The average Bonchev–Trinajstić information content (AvgIpc) is 2.99. The number of anilines is 3. The van der Waals surface area contributed by atoms with Crippen molar-refractivity contribution in [3.05, 3.63) is 94.9 Å². The van der Waals surface area contributed by atoms with Gasteiger partial charge in [0.25, 0.3) is 17.7 Å². The van der Waals surface area contributed by atoms with Crippen LogP contribution >= 0.6 is 11.6 Å². The summed E-state index contributed by atoms with van der Waals surface area (Å²) < 4.78 is 13.2. The van der Waals surface area contributed by atoms with E-state index in [-0.39, 0.29) is 33.4 Å². The number of benzene rings is 3. The molecule has 0 radical (unpaired) electrons. The van der Waals surface area contributed by atoms with E-state index in [0.29, 0.717) is 5.69 Å². The molecule has 3 amide bonds. The zero-order chi connectivity index (χ0) is 22.8. The van der Waals surface area contributed by atoms with E-state index in [0.717, 1.165) is 17.0 Å². The number of phenolic OH excluding ortho intramolecular Hbond substituents is 1. The van der Waals surface area contributed by atoms with Gasteiger partial charge in [-0.15, -0.1) is 0 Å². The Morgan fingerprint density at radius 1 is 0.938 bits per heavy atom. The average molecular weight is 452 g/mol. The van der Waals surface area contributed by atoms with Gasteiger partial charge in [0, 0.05) is 11.3 Å². The summed E-state index contributed by atoms with van der Waals surface area (Å²) in [4.78, 5) is 38.7. The summed E-state index contributed by atoms with van der Waals surface area (Å²) in [5.74, 6) is -2.54. The standard InChI is InChI=1S/C23H15ClFN3O4/c24-19-20(23(32)28(22(19)31)16-10-8-14(25)9-11-16)26-15-5-3-4-13(12-15)21(30)27-17-6-1-2-7-18(17)29/h1-12,26,29H,(H,27,30). The Morgan fingerprint density at radius 3 is 2.38 bits per heavy atom. The van der Waals surface area contributed by atoms with E-state index >= 15 is 0 Å². The molecule has 0 bridgehead atoms. The third-order valence-electron chi connectivity index (χ3n) is 4.66. The van der Waals surface area contributed by atoms with Crippen molar-refractivity contribution >= 4 is 46.4 Å². The molecule has 0 saturated heterocycles. The van der Waals surface area contributed by atoms with Crippen LogP contribution in [0.15, 0.2) is 83.5 Å². The van der Waals surface area contributed by atoms with Gasteiger partial charge in [0.05, 0.1) is 11.4 Å². The molecule has 1 aliphatic heterocycles. The first kappa shape index (κ1) is 21.1. The van der Waals surface area contributed by atoms with Gasteiger partial charge in [0.1, 0.15) is 22.3 Å². The molecule has 0 atom stereocenters. The number of phenols is 1. The van der Waals surface area contributed by atoms with Crippen LogP contribution < -0.4 is 15.5 Å². The minimum atomic E-state index is -0.751. The lowest BCUT2D eigenvalue weighted by Gasteiger charge is -2.15. The molecule has 0 unspecified atom stereocenters. The van der Waals surface area contributed by atoms with E-state index in [1.54, 1.807) is 36.4 Å². The molecule has 160 valence electrons. The van der Waals surface area contributed by atoms with E-state index < -0.39 is 23.5 Å². The van der Waals surface area contributed by atoms with Gasteiger partial charge in [-0.05, 0) is 54.6 Å². The van der Waals surface area contributed by atoms with Gasteiger partial charge < -0.3 is 15.7 Å². The molecule has 0 spiro atoms. The Labute approximate surface area is 186 Å². The molecule has 7 nitrogen and oxygen atoms in total. The van der Waals surface area contributed by atoms with Crippen molar-refractivity contribution < 1.29 is 23.9 Å².